The quantitative estimate of drug-likeness (QED) is 0.609. The molecule has 0 fully saturated rings. The van der Waals surface area contributed by atoms with E-state index < -0.39 is 0 Å². The van der Waals surface area contributed by atoms with Gasteiger partial charge in [0.1, 0.15) is 5.75 Å². The average molecular weight is 430 g/mol. The summed E-state index contributed by atoms with van der Waals surface area (Å²) in [6, 6.07) is 24.7. The summed E-state index contributed by atoms with van der Waals surface area (Å²) in [6.07, 6.45) is 1.02. The fourth-order valence-corrected chi connectivity index (χ4v) is 4.35. The highest BCUT2D eigenvalue weighted by atomic mass is 16.5. The first-order valence-corrected chi connectivity index (χ1v) is 11.1. The number of methoxy groups -OCH3 is 1. The van der Waals surface area contributed by atoms with Crippen LogP contribution in [0.15, 0.2) is 72.8 Å². The first-order chi connectivity index (χ1) is 15.6. The lowest BCUT2D eigenvalue weighted by atomic mass is 9.96. The lowest BCUT2D eigenvalue weighted by Crippen LogP contribution is -2.40. The van der Waals surface area contributed by atoms with Crippen molar-refractivity contribution in [3.63, 3.8) is 0 Å². The average Bonchev–Trinajstić information content (AvgIpc) is 2.84. The van der Waals surface area contributed by atoms with Crippen molar-refractivity contribution in [2.45, 2.75) is 19.0 Å². The Bertz CT molecular complexity index is 1060. The molecule has 5 nitrogen and oxygen atoms in total. The molecule has 3 aromatic rings. The van der Waals surface area contributed by atoms with E-state index in [-0.39, 0.29) is 11.9 Å². The van der Waals surface area contributed by atoms with Crippen LogP contribution in [0.4, 0.5) is 5.69 Å². The minimum absolute atomic E-state index is 0.0817. The highest BCUT2D eigenvalue weighted by Crippen LogP contribution is 2.29. The van der Waals surface area contributed by atoms with Gasteiger partial charge in [0.15, 0.2) is 0 Å². The smallest absolute Gasteiger partial charge is 0.255 e. The van der Waals surface area contributed by atoms with Gasteiger partial charge in [0.2, 0.25) is 0 Å². The topological polar surface area (TPSA) is 44.8 Å². The fraction of sp³-hybridized carbons (Fsp3) is 0.296. The number of hydrogen-bond donors (Lipinski definition) is 1. The minimum atomic E-state index is -0.116. The maximum atomic E-state index is 13.0. The van der Waals surface area contributed by atoms with Crippen LogP contribution < -0.4 is 15.0 Å². The summed E-state index contributed by atoms with van der Waals surface area (Å²) in [5.74, 6) is 0.471. The monoisotopic (exact) mass is 429 g/mol. The Kier molecular flexibility index (Phi) is 6.76. The Hall–Kier alpha value is -3.31. The van der Waals surface area contributed by atoms with E-state index in [2.05, 4.69) is 63.6 Å². The van der Waals surface area contributed by atoms with Gasteiger partial charge < -0.3 is 15.0 Å². The predicted octanol–water partition coefficient (Wildman–Crippen LogP) is 4.29. The minimum Gasteiger partial charge on any atom is -0.496 e. The number of hydrogen-bond acceptors (Lipinski definition) is 4. The van der Waals surface area contributed by atoms with E-state index >= 15 is 0 Å². The van der Waals surface area contributed by atoms with Gasteiger partial charge in [-0.3, -0.25) is 9.69 Å². The van der Waals surface area contributed by atoms with Crippen molar-refractivity contribution in [1.82, 2.24) is 10.2 Å². The van der Waals surface area contributed by atoms with Gasteiger partial charge >= 0.3 is 0 Å². The van der Waals surface area contributed by atoms with Gasteiger partial charge in [-0.25, -0.2) is 0 Å². The van der Waals surface area contributed by atoms with E-state index in [1.165, 1.54) is 16.7 Å². The van der Waals surface area contributed by atoms with Gasteiger partial charge in [-0.2, -0.15) is 0 Å². The molecule has 0 radical (unpaired) electrons. The molecule has 1 heterocycles. The van der Waals surface area contributed by atoms with Crippen molar-refractivity contribution in [3.8, 4) is 5.75 Å². The van der Waals surface area contributed by atoms with Gasteiger partial charge in [0, 0.05) is 39.4 Å². The Labute approximate surface area is 190 Å². The fourth-order valence-electron chi connectivity index (χ4n) is 4.35. The van der Waals surface area contributed by atoms with Crippen LogP contribution in [0.2, 0.25) is 0 Å². The zero-order valence-electron chi connectivity index (χ0n) is 19.0. The molecule has 0 aromatic heterocycles. The third kappa shape index (κ3) is 4.78. The number of rotatable bonds is 7. The van der Waals surface area contributed by atoms with Crippen molar-refractivity contribution >= 4 is 11.6 Å². The van der Waals surface area contributed by atoms with Gasteiger partial charge in [-0.1, -0.05) is 48.5 Å². The third-order valence-corrected chi connectivity index (χ3v) is 6.20. The number of carbonyl (C=O) groups is 1. The molecule has 3 aromatic carbocycles. The van der Waals surface area contributed by atoms with Gasteiger partial charge in [-0.05, 0) is 47.4 Å². The molecule has 0 unspecified atom stereocenters. The molecule has 0 spiro atoms. The Balaban J connectivity index is 1.57. The Morgan fingerprint density at radius 3 is 2.41 bits per heavy atom. The molecule has 1 aliphatic heterocycles. The summed E-state index contributed by atoms with van der Waals surface area (Å²) < 4.78 is 5.37. The molecule has 0 saturated carbocycles. The molecular weight excluding hydrogens is 398 g/mol. The molecule has 0 aliphatic carbocycles. The highest BCUT2D eigenvalue weighted by Gasteiger charge is 2.26. The van der Waals surface area contributed by atoms with E-state index in [0.29, 0.717) is 17.9 Å². The van der Waals surface area contributed by atoms with Crippen LogP contribution in [0.25, 0.3) is 0 Å². The first-order valence-electron chi connectivity index (χ1n) is 11.1. The number of anilines is 1. The maximum Gasteiger partial charge on any atom is 0.255 e. The van der Waals surface area contributed by atoms with E-state index in [4.69, 9.17) is 4.74 Å². The standard InChI is InChI=1S/C27H31N3O2/c1-29(2)23-14-12-21(13-15-23)25(30-17-16-20-8-4-5-9-22(20)19-30)18-28-27(31)24-10-6-7-11-26(24)32-3/h4-15,25H,16-19H2,1-3H3,(H,28,31)/t25-/m1/s1. The van der Waals surface area contributed by atoms with Crippen LogP contribution in [-0.4, -0.2) is 45.1 Å². The number of fused-ring (bicyclic) bond motifs is 1. The highest BCUT2D eigenvalue weighted by molar-refractivity contribution is 5.96. The van der Waals surface area contributed by atoms with Crippen molar-refractivity contribution in [3.05, 3.63) is 95.1 Å². The van der Waals surface area contributed by atoms with Crippen molar-refractivity contribution < 1.29 is 9.53 Å². The lowest BCUT2D eigenvalue weighted by molar-refractivity contribution is 0.0925. The lowest BCUT2D eigenvalue weighted by Gasteiger charge is -2.36. The van der Waals surface area contributed by atoms with E-state index in [0.717, 1.165) is 25.2 Å². The van der Waals surface area contributed by atoms with Crippen molar-refractivity contribution in [2.75, 3.05) is 39.2 Å². The van der Waals surface area contributed by atoms with Crippen LogP contribution in [0.1, 0.15) is 33.1 Å². The van der Waals surface area contributed by atoms with Crippen LogP contribution in [0.5, 0.6) is 5.75 Å². The molecule has 5 heteroatoms. The molecule has 166 valence electrons. The van der Waals surface area contributed by atoms with E-state index in [1.54, 1.807) is 13.2 Å². The summed E-state index contributed by atoms with van der Waals surface area (Å²) in [6.45, 7) is 2.36. The third-order valence-electron chi connectivity index (χ3n) is 6.20. The Morgan fingerprint density at radius 2 is 1.69 bits per heavy atom. The van der Waals surface area contributed by atoms with Crippen LogP contribution in [0.3, 0.4) is 0 Å². The summed E-state index contributed by atoms with van der Waals surface area (Å²) in [4.78, 5) is 17.5. The van der Waals surface area contributed by atoms with E-state index in [1.807, 2.05) is 32.3 Å². The molecular formula is C27H31N3O2. The number of carbonyl (C=O) groups excluding carboxylic acids is 1. The maximum absolute atomic E-state index is 13.0. The SMILES string of the molecule is COc1ccccc1C(=O)NC[C@H](c1ccc(N(C)C)cc1)N1CCc2ccccc2C1. The molecule has 1 amide bonds. The number of nitrogens with zero attached hydrogens (tertiary/aromatic N) is 2. The molecule has 0 saturated heterocycles. The summed E-state index contributed by atoms with van der Waals surface area (Å²) in [7, 11) is 5.68. The summed E-state index contributed by atoms with van der Waals surface area (Å²) in [5.41, 5.74) is 5.71. The van der Waals surface area contributed by atoms with Gasteiger partial charge in [0.25, 0.3) is 5.91 Å². The van der Waals surface area contributed by atoms with Crippen molar-refractivity contribution in [2.24, 2.45) is 0 Å². The second-order valence-electron chi connectivity index (χ2n) is 8.40. The molecule has 1 atom stereocenters. The number of ether oxygens (including phenoxy) is 1. The molecule has 1 N–H and O–H groups in total. The van der Waals surface area contributed by atoms with Crippen LogP contribution >= 0.6 is 0 Å². The Morgan fingerprint density at radius 1 is 1.00 bits per heavy atom. The largest absolute Gasteiger partial charge is 0.496 e. The second kappa shape index (κ2) is 9.88. The van der Waals surface area contributed by atoms with Gasteiger partial charge in [0.05, 0.1) is 18.7 Å². The number of benzene rings is 3. The van der Waals surface area contributed by atoms with E-state index in [9.17, 15) is 4.79 Å². The normalized spacial score (nSPS) is 14.3. The molecule has 32 heavy (non-hydrogen) atoms. The summed E-state index contributed by atoms with van der Waals surface area (Å²) in [5, 5.41) is 3.16. The predicted molar refractivity (Wildman–Crippen MR) is 129 cm³/mol. The first kappa shape index (κ1) is 21.9. The zero-order chi connectivity index (χ0) is 22.5. The summed E-state index contributed by atoms with van der Waals surface area (Å²) >= 11 is 0. The molecule has 4 rings (SSSR count). The molecule has 0 bridgehead atoms. The van der Waals surface area contributed by atoms with Crippen molar-refractivity contribution in [1.29, 1.82) is 0 Å². The second-order valence-corrected chi connectivity index (χ2v) is 8.40. The zero-order valence-corrected chi connectivity index (χ0v) is 19.0. The van der Waals surface area contributed by atoms with Crippen LogP contribution in [-0.2, 0) is 13.0 Å². The number of amides is 1. The van der Waals surface area contributed by atoms with Crippen LogP contribution in [0, 0.1) is 0 Å². The molecule has 1 aliphatic rings. The number of nitrogens with one attached hydrogen (secondary N) is 1. The van der Waals surface area contributed by atoms with Gasteiger partial charge in [-0.15, -0.1) is 0 Å². The number of para-hydroxylation sites is 1.